The summed E-state index contributed by atoms with van der Waals surface area (Å²) < 4.78 is 28.9. The molecule has 1 rings (SSSR count). The van der Waals surface area contributed by atoms with Crippen molar-refractivity contribution >= 4 is 17.9 Å². The minimum Gasteiger partial charge on any atom is -0.488 e. The van der Waals surface area contributed by atoms with Crippen LogP contribution in [-0.4, -0.2) is 45.2 Å². The molecule has 1 aliphatic carbocycles. The third-order valence-electron chi connectivity index (χ3n) is 2.24. The number of alkyl halides is 1. The Morgan fingerprint density at radius 3 is 2.74 bits per heavy atom. The van der Waals surface area contributed by atoms with E-state index in [4.69, 9.17) is 25.8 Å². The van der Waals surface area contributed by atoms with Crippen molar-refractivity contribution in [1.82, 2.24) is 0 Å². The first kappa shape index (κ1) is 15.9. The lowest BCUT2D eigenvalue weighted by molar-refractivity contribution is -0.104. The third kappa shape index (κ3) is 6.00. The zero-order chi connectivity index (χ0) is 14.1. The fourth-order valence-electron chi connectivity index (χ4n) is 1.37. The van der Waals surface area contributed by atoms with Crippen LogP contribution in [0.4, 0.5) is 4.39 Å². The number of rotatable bonds is 8. The fraction of sp³-hybridized carbons (Fsp3) is 0.462. The molecule has 0 N–H and O–H groups in total. The molecule has 0 aliphatic heterocycles. The maximum atomic E-state index is 13.7. The van der Waals surface area contributed by atoms with E-state index in [-0.39, 0.29) is 17.9 Å². The highest BCUT2D eigenvalue weighted by atomic mass is 35.5. The van der Waals surface area contributed by atoms with E-state index in [2.05, 4.69) is 0 Å². The molecule has 0 aromatic rings. The van der Waals surface area contributed by atoms with Gasteiger partial charge in [-0.3, -0.25) is 4.79 Å². The quantitative estimate of drug-likeness (QED) is 0.390. The van der Waals surface area contributed by atoms with E-state index >= 15 is 0 Å². The zero-order valence-electron chi connectivity index (χ0n) is 10.6. The van der Waals surface area contributed by atoms with Crippen molar-refractivity contribution in [2.24, 2.45) is 0 Å². The molecule has 19 heavy (non-hydrogen) atoms. The first-order valence-corrected chi connectivity index (χ1v) is 6.21. The zero-order valence-corrected chi connectivity index (χ0v) is 11.4. The Bertz CT molecular complexity index is 390. The van der Waals surface area contributed by atoms with Crippen LogP contribution in [-0.2, 0) is 19.0 Å². The lowest BCUT2D eigenvalue weighted by atomic mass is 10.2. The van der Waals surface area contributed by atoms with E-state index in [1.807, 2.05) is 0 Å². The average Bonchev–Trinajstić information content (AvgIpc) is 2.53. The number of hydrogen-bond acceptors (Lipinski definition) is 4. The number of carbonyl (C=O) groups is 1. The van der Waals surface area contributed by atoms with Gasteiger partial charge in [-0.1, -0.05) is 6.08 Å². The van der Waals surface area contributed by atoms with Gasteiger partial charge in [0.15, 0.2) is 11.6 Å². The summed E-state index contributed by atoms with van der Waals surface area (Å²) in [5.41, 5.74) is 0.184. The average molecular weight is 291 g/mol. The van der Waals surface area contributed by atoms with Crippen molar-refractivity contribution in [3.8, 4) is 0 Å². The Morgan fingerprint density at radius 1 is 1.32 bits per heavy atom. The summed E-state index contributed by atoms with van der Waals surface area (Å²) in [6.45, 7) is 1.45. The highest BCUT2D eigenvalue weighted by Gasteiger charge is 2.14. The summed E-state index contributed by atoms with van der Waals surface area (Å²) in [7, 11) is 1.58. The topological polar surface area (TPSA) is 44.8 Å². The van der Waals surface area contributed by atoms with Crippen LogP contribution in [0.3, 0.4) is 0 Å². The summed E-state index contributed by atoms with van der Waals surface area (Å²) in [4.78, 5) is 10.6. The monoisotopic (exact) mass is 290 g/mol. The minimum atomic E-state index is -0.626. The van der Waals surface area contributed by atoms with Gasteiger partial charge in [-0.25, -0.2) is 4.39 Å². The van der Waals surface area contributed by atoms with Gasteiger partial charge in [-0.05, 0) is 12.2 Å². The van der Waals surface area contributed by atoms with E-state index in [1.54, 1.807) is 7.11 Å². The molecule has 1 unspecified atom stereocenters. The molecule has 106 valence electrons. The molecular formula is C13H16ClFO4. The maximum absolute atomic E-state index is 13.7. The molecule has 1 atom stereocenters. The Balaban J connectivity index is 2.43. The number of halogens is 2. The smallest absolute Gasteiger partial charge is 0.165 e. The van der Waals surface area contributed by atoms with Crippen molar-refractivity contribution in [1.29, 1.82) is 0 Å². The number of methoxy groups -OCH3 is 1. The van der Waals surface area contributed by atoms with E-state index < -0.39 is 11.2 Å². The number of ether oxygens (including phenoxy) is 3. The van der Waals surface area contributed by atoms with Gasteiger partial charge in [-0.2, -0.15) is 0 Å². The van der Waals surface area contributed by atoms with E-state index in [0.717, 1.165) is 6.08 Å². The molecule has 0 heterocycles. The second kappa shape index (κ2) is 8.85. The molecule has 0 bridgehead atoms. The Morgan fingerprint density at radius 2 is 2.05 bits per heavy atom. The lowest BCUT2D eigenvalue weighted by Crippen LogP contribution is -2.08. The van der Waals surface area contributed by atoms with Crippen LogP contribution in [0.2, 0.25) is 0 Å². The summed E-state index contributed by atoms with van der Waals surface area (Å²) in [6, 6.07) is 0. The molecule has 4 nitrogen and oxygen atoms in total. The van der Waals surface area contributed by atoms with Crippen molar-refractivity contribution in [3.63, 3.8) is 0 Å². The summed E-state index contributed by atoms with van der Waals surface area (Å²) >= 11 is 5.90. The molecule has 6 heteroatoms. The van der Waals surface area contributed by atoms with Crippen molar-refractivity contribution < 1.29 is 23.4 Å². The van der Waals surface area contributed by atoms with Gasteiger partial charge in [0.25, 0.3) is 0 Å². The Kier molecular flexibility index (Phi) is 7.40. The van der Waals surface area contributed by atoms with E-state index in [0.29, 0.717) is 26.1 Å². The molecular weight excluding hydrogens is 275 g/mol. The van der Waals surface area contributed by atoms with Crippen LogP contribution < -0.4 is 0 Å². The molecule has 0 saturated carbocycles. The molecule has 0 fully saturated rings. The Hall–Kier alpha value is -1.17. The van der Waals surface area contributed by atoms with Crippen molar-refractivity contribution in [2.45, 2.75) is 5.38 Å². The number of allylic oxidation sites excluding steroid dienone is 5. The summed E-state index contributed by atoms with van der Waals surface area (Å²) in [6.07, 6.45) is 4.48. The lowest BCUT2D eigenvalue weighted by Gasteiger charge is -2.09. The van der Waals surface area contributed by atoms with Gasteiger partial charge in [0.2, 0.25) is 0 Å². The molecule has 0 saturated heterocycles. The van der Waals surface area contributed by atoms with Gasteiger partial charge in [0.05, 0.1) is 25.2 Å². The predicted molar refractivity (Wildman–Crippen MR) is 69.7 cm³/mol. The summed E-state index contributed by atoms with van der Waals surface area (Å²) in [5, 5.41) is -0.589. The van der Waals surface area contributed by atoms with E-state index in [1.165, 1.54) is 12.2 Å². The molecule has 0 amide bonds. The fourth-order valence-corrected chi connectivity index (χ4v) is 1.63. The van der Waals surface area contributed by atoms with Gasteiger partial charge >= 0.3 is 0 Å². The van der Waals surface area contributed by atoms with Crippen molar-refractivity contribution in [3.05, 3.63) is 35.4 Å². The first-order chi connectivity index (χ1) is 9.17. The van der Waals surface area contributed by atoms with E-state index in [9.17, 15) is 9.18 Å². The molecule has 0 radical (unpaired) electrons. The number of aldehydes is 1. The Labute approximate surface area is 116 Å². The minimum absolute atomic E-state index is 0.0171. The molecule has 0 aromatic carbocycles. The van der Waals surface area contributed by atoms with Crippen LogP contribution in [0.25, 0.3) is 0 Å². The van der Waals surface area contributed by atoms with Crippen LogP contribution in [0.5, 0.6) is 0 Å². The number of hydrogen-bond donors (Lipinski definition) is 0. The third-order valence-corrected chi connectivity index (χ3v) is 2.50. The highest BCUT2D eigenvalue weighted by Crippen LogP contribution is 2.22. The van der Waals surface area contributed by atoms with Crippen LogP contribution >= 0.6 is 11.6 Å². The second-order valence-corrected chi connectivity index (χ2v) is 4.21. The van der Waals surface area contributed by atoms with Crippen LogP contribution in [0, 0.1) is 0 Å². The standard InChI is InChI=1S/C13H16ClFO4/c1-17-2-3-18-4-5-19-13-8-11(14)6-10(9-16)7-12(13)15/h6-9,11H,2-5H2,1H3. The maximum Gasteiger partial charge on any atom is 0.165 e. The van der Waals surface area contributed by atoms with Gasteiger partial charge in [0.1, 0.15) is 12.9 Å². The van der Waals surface area contributed by atoms with Gasteiger partial charge in [0, 0.05) is 12.7 Å². The van der Waals surface area contributed by atoms with Crippen molar-refractivity contribution in [2.75, 3.05) is 33.5 Å². The molecule has 0 aromatic heterocycles. The SMILES string of the molecule is COCCOCCOC1=CC(Cl)C=C(C=O)C=C1F. The van der Waals surface area contributed by atoms with Crippen LogP contribution in [0.1, 0.15) is 0 Å². The second-order valence-electron chi connectivity index (χ2n) is 3.71. The van der Waals surface area contributed by atoms with Gasteiger partial charge in [-0.15, -0.1) is 11.6 Å². The normalized spacial score (nSPS) is 19.1. The van der Waals surface area contributed by atoms with Crippen LogP contribution in [0.15, 0.2) is 35.4 Å². The molecule has 1 aliphatic rings. The largest absolute Gasteiger partial charge is 0.488 e. The number of carbonyl (C=O) groups excluding carboxylic acids is 1. The molecule has 0 spiro atoms. The first-order valence-electron chi connectivity index (χ1n) is 5.77. The van der Waals surface area contributed by atoms with Gasteiger partial charge < -0.3 is 14.2 Å². The predicted octanol–water partition coefficient (Wildman–Crippen LogP) is 2.15. The summed E-state index contributed by atoms with van der Waals surface area (Å²) in [5.74, 6) is -0.609. The highest BCUT2D eigenvalue weighted by molar-refractivity contribution is 6.23.